The molecule has 3 N–H and O–H groups in total. The van der Waals surface area contributed by atoms with Crippen LogP contribution in [0.25, 0.3) is 0 Å². The molecule has 5 atom stereocenters. The van der Waals surface area contributed by atoms with Gasteiger partial charge in [-0.2, -0.15) is 5.26 Å². The van der Waals surface area contributed by atoms with Crippen LogP contribution in [0.3, 0.4) is 0 Å². The zero-order chi connectivity index (χ0) is 29.1. The molecule has 0 aromatic heterocycles. The summed E-state index contributed by atoms with van der Waals surface area (Å²) >= 11 is 0. The zero-order valence-corrected chi connectivity index (χ0v) is 23.3. The van der Waals surface area contributed by atoms with E-state index in [9.17, 15) is 24.4 Å². The van der Waals surface area contributed by atoms with Crippen LogP contribution < -0.4 is 16.0 Å². The molecule has 1 saturated heterocycles. The predicted molar refractivity (Wildman–Crippen MR) is 150 cm³/mol. The molecule has 9 nitrogen and oxygen atoms in total. The van der Waals surface area contributed by atoms with Crippen LogP contribution in [-0.2, 0) is 36.8 Å². The number of carbonyl (C=O) groups excluding carboxylic acids is 4. The van der Waals surface area contributed by atoms with Gasteiger partial charge in [0.05, 0.1) is 18.1 Å². The molecule has 3 rings (SSSR count). The highest BCUT2D eigenvalue weighted by atomic mass is 16.5. The van der Waals surface area contributed by atoms with E-state index in [0.29, 0.717) is 11.1 Å². The molecule has 0 bridgehead atoms. The fourth-order valence-corrected chi connectivity index (χ4v) is 4.67. The maximum atomic E-state index is 13.4. The average Bonchev–Trinajstić information content (AvgIpc) is 2.95. The lowest BCUT2D eigenvalue weighted by atomic mass is 9.95. The largest absolute Gasteiger partial charge is 0.460 e. The molecule has 0 saturated carbocycles. The van der Waals surface area contributed by atoms with Crippen molar-refractivity contribution in [1.82, 2.24) is 16.0 Å². The minimum Gasteiger partial charge on any atom is -0.460 e. The van der Waals surface area contributed by atoms with E-state index in [0.717, 1.165) is 24.8 Å². The molecule has 2 aromatic rings. The molecule has 1 fully saturated rings. The molecule has 0 aliphatic carbocycles. The number of carbonyl (C=O) groups is 4. The number of ether oxygens (including phenoxy) is 1. The molecular weight excluding hydrogens is 508 g/mol. The number of nitriles is 1. The zero-order valence-electron chi connectivity index (χ0n) is 23.3. The van der Waals surface area contributed by atoms with E-state index in [1.807, 2.05) is 37.3 Å². The van der Waals surface area contributed by atoms with E-state index in [2.05, 4.69) is 28.9 Å². The highest BCUT2D eigenvalue weighted by molar-refractivity contribution is 5.94. The van der Waals surface area contributed by atoms with Crippen LogP contribution in [0.4, 0.5) is 0 Å². The SMILES string of the molecule is CCCC[C@H](C)[C@@H]1CC(=O)N[C@H](Cc2cccc(C#N)c2)C(=O)N[C@@H](C)C(=O)N[C@H](Cc2ccccc2)C(=O)O1. The molecule has 0 spiro atoms. The van der Waals surface area contributed by atoms with Gasteiger partial charge in [-0.25, -0.2) is 4.79 Å². The summed E-state index contributed by atoms with van der Waals surface area (Å²) in [4.78, 5) is 53.1. The lowest BCUT2D eigenvalue weighted by molar-refractivity contribution is -0.157. The van der Waals surface area contributed by atoms with Crippen molar-refractivity contribution in [3.05, 3.63) is 71.3 Å². The van der Waals surface area contributed by atoms with Gasteiger partial charge in [-0.05, 0) is 42.5 Å². The number of hydrogen-bond acceptors (Lipinski definition) is 6. The molecule has 0 radical (unpaired) electrons. The number of unbranched alkanes of at least 4 members (excludes halogenated alkanes) is 1. The fourth-order valence-electron chi connectivity index (χ4n) is 4.67. The van der Waals surface area contributed by atoms with Crippen molar-refractivity contribution < 1.29 is 23.9 Å². The van der Waals surface area contributed by atoms with Gasteiger partial charge in [0.25, 0.3) is 0 Å². The normalized spacial score (nSPS) is 23.1. The van der Waals surface area contributed by atoms with E-state index in [4.69, 9.17) is 4.74 Å². The second kappa shape index (κ2) is 14.8. The first kappa shape index (κ1) is 30.4. The van der Waals surface area contributed by atoms with Crippen LogP contribution in [0.1, 0.15) is 63.1 Å². The van der Waals surface area contributed by atoms with Crippen LogP contribution in [0, 0.1) is 17.2 Å². The second-order valence-corrected chi connectivity index (χ2v) is 10.4. The monoisotopic (exact) mass is 546 g/mol. The smallest absolute Gasteiger partial charge is 0.329 e. The van der Waals surface area contributed by atoms with Crippen LogP contribution >= 0.6 is 0 Å². The minimum absolute atomic E-state index is 0.119. The molecule has 1 aliphatic heterocycles. The molecule has 3 amide bonds. The van der Waals surface area contributed by atoms with E-state index < -0.39 is 47.9 Å². The molecule has 2 aromatic carbocycles. The Bertz CT molecular complexity index is 1230. The van der Waals surface area contributed by atoms with Gasteiger partial charge in [0.1, 0.15) is 24.2 Å². The summed E-state index contributed by atoms with van der Waals surface area (Å²) in [6.45, 7) is 5.51. The molecule has 40 heavy (non-hydrogen) atoms. The van der Waals surface area contributed by atoms with Gasteiger partial charge in [0, 0.05) is 12.8 Å². The second-order valence-electron chi connectivity index (χ2n) is 10.4. The summed E-state index contributed by atoms with van der Waals surface area (Å²) < 4.78 is 5.92. The summed E-state index contributed by atoms with van der Waals surface area (Å²) in [6.07, 6.45) is 2.06. The molecule has 0 unspecified atom stereocenters. The predicted octanol–water partition coefficient (Wildman–Crippen LogP) is 2.96. The number of rotatable bonds is 8. The van der Waals surface area contributed by atoms with Gasteiger partial charge < -0.3 is 20.7 Å². The molecule has 1 heterocycles. The van der Waals surface area contributed by atoms with E-state index in [-0.39, 0.29) is 25.2 Å². The van der Waals surface area contributed by atoms with Crippen molar-refractivity contribution >= 4 is 23.7 Å². The Hall–Kier alpha value is -4.19. The number of benzene rings is 2. The number of hydrogen-bond donors (Lipinski definition) is 3. The van der Waals surface area contributed by atoms with Crippen molar-refractivity contribution in [3.63, 3.8) is 0 Å². The first-order valence-electron chi connectivity index (χ1n) is 13.8. The van der Waals surface area contributed by atoms with Crippen molar-refractivity contribution in [2.75, 3.05) is 0 Å². The summed E-state index contributed by atoms with van der Waals surface area (Å²) in [7, 11) is 0. The van der Waals surface area contributed by atoms with Gasteiger partial charge in [-0.1, -0.05) is 69.2 Å². The number of amides is 3. The van der Waals surface area contributed by atoms with Crippen molar-refractivity contribution in [1.29, 1.82) is 5.26 Å². The molecule has 1 aliphatic rings. The first-order valence-corrected chi connectivity index (χ1v) is 13.8. The van der Waals surface area contributed by atoms with Crippen LogP contribution in [0.15, 0.2) is 54.6 Å². The van der Waals surface area contributed by atoms with Gasteiger partial charge in [0.15, 0.2) is 0 Å². The number of nitrogens with one attached hydrogen (secondary N) is 3. The molecular formula is C31H38N4O5. The Labute approximate surface area is 235 Å². The Morgan fingerprint density at radius 2 is 1.62 bits per heavy atom. The third-order valence-electron chi connectivity index (χ3n) is 7.09. The Kier molecular flexibility index (Phi) is 11.2. The van der Waals surface area contributed by atoms with Gasteiger partial charge in [-0.3, -0.25) is 14.4 Å². The third kappa shape index (κ3) is 8.94. The van der Waals surface area contributed by atoms with Gasteiger partial charge >= 0.3 is 5.97 Å². The fraction of sp³-hybridized carbons (Fsp3) is 0.452. The third-order valence-corrected chi connectivity index (χ3v) is 7.09. The molecule has 212 valence electrons. The van der Waals surface area contributed by atoms with Crippen molar-refractivity contribution in [2.45, 2.75) is 83.5 Å². The summed E-state index contributed by atoms with van der Waals surface area (Å²) in [5.74, 6) is -2.27. The summed E-state index contributed by atoms with van der Waals surface area (Å²) in [5, 5.41) is 17.4. The highest BCUT2D eigenvalue weighted by Crippen LogP contribution is 2.20. The van der Waals surface area contributed by atoms with E-state index in [1.165, 1.54) is 6.92 Å². The Balaban J connectivity index is 1.92. The minimum atomic E-state index is -1.00. The number of nitrogens with zero attached hydrogens (tertiary/aromatic N) is 1. The first-order chi connectivity index (χ1) is 19.2. The van der Waals surface area contributed by atoms with E-state index in [1.54, 1.807) is 24.3 Å². The lowest BCUT2D eigenvalue weighted by Gasteiger charge is -2.27. The van der Waals surface area contributed by atoms with Gasteiger partial charge in [-0.15, -0.1) is 0 Å². The number of cyclic esters (lactones) is 1. The topological polar surface area (TPSA) is 137 Å². The van der Waals surface area contributed by atoms with Crippen LogP contribution in [-0.4, -0.2) is 47.9 Å². The van der Waals surface area contributed by atoms with E-state index >= 15 is 0 Å². The summed E-state index contributed by atoms with van der Waals surface area (Å²) in [6, 6.07) is 15.1. The quantitative estimate of drug-likeness (QED) is 0.436. The average molecular weight is 547 g/mol. The number of esters is 1. The summed E-state index contributed by atoms with van der Waals surface area (Å²) in [5.41, 5.74) is 1.95. The highest BCUT2D eigenvalue weighted by Gasteiger charge is 2.33. The van der Waals surface area contributed by atoms with Crippen molar-refractivity contribution in [3.8, 4) is 6.07 Å². The molecule has 9 heteroatoms. The standard InChI is InChI=1S/C31H38N4O5/c1-4-5-10-20(2)27-18-28(36)34-25(17-23-13-9-14-24(15-23)19-32)30(38)33-21(3)29(37)35-26(31(39)40-27)16-22-11-7-6-8-12-22/h6-9,11-15,20-21,25-27H,4-5,10,16-18H2,1-3H3,(H,33,38)(H,34,36)(H,35,37)/t20-,21-,25+,26+,27-/m0/s1. The van der Waals surface area contributed by atoms with Crippen molar-refractivity contribution in [2.24, 2.45) is 5.92 Å². The maximum absolute atomic E-state index is 13.4. The Morgan fingerprint density at radius 3 is 2.33 bits per heavy atom. The van der Waals surface area contributed by atoms with Crippen LogP contribution in [0.2, 0.25) is 0 Å². The van der Waals surface area contributed by atoms with Crippen LogP contribution in [0.5, 0.6) is 0 Å². The Morgan fingerprint density at radius 1 is 0.925 bits per heavy atom. The van der Waals surface area contributed by atoms with Gasteiger partial charge in [0.2, 0.25) is 17.7 Å². The maximum Gasteiger partial charge on any atom is 0.329 e. The lowest BCUT2D eigenvalue weighted by Crippen LogP contribution is -2.55.